The number of ether oxygens (including phenoxy) is 2. The molecular formula is C32H35ClF2N8O4. The van der Waals surface area contributed by atoms with Crippen LogP contribution < -0.4 is 25.4 Å². The highest BCUT2D eigenvalue weighted by Gasteiger charge is 2.21. The first kappa shape index (κ1) is 33.5. The second-order valence-electron chi connectivity index (χ2n) is 12.0. The largest absolute Gasteiger partial charge is 0.494 e. The van der Waals surface area contributed by atoms with Gasteiger partial charge >= 0.3 is 0 Å². The maximum Gasteiger partial charge on any atom is 0.274 e. The quantitative estimate of drug-likeness (QED) is 0.174. The Kier molecular flexibility index (Phi) is 10.2. The lowest BCUT2D eigenvalue weighted by molar-refractivity contribution is -0.123. The first-order chi connectivity index (χ1) is 22.4. The van der Waals surface area contributed by atoms with Gasteiger partial charge in [-0.3, -0.25) is 19.2 Å². The van der Waals surface area contributed by atoms with Gasteiger partial charge in [0.15, 0.2) is 0 Å². The molecule has 3 N–H and O–H groups in total. The predicted octanol–water partition coefficient (Wildman–Crippen LogP) is 5.62. The topological polar surface area (TPSA) is 136 Å². The highest BCUT2D eigenvalue weighted by Crippen LogP contribution is 2.36. The van der Waals surface area contributed by atoms with Gasteiger partial charge in [0.1, 0.15) is 36.4 Å². The van der Waals surface area contributed by atoms with Crippen LogP contribution in [0.3, 0.4) is 0 Å². The highest BCUT2D eigenvalue weighted by molar-refractivity contribution is 6.33. The average Bonchev–Trinajstić information content (AvgIpc) is 3.56. The van der Waals surface area contributed by atoms with E-state index in [4.69, 9.17) is 21.1 Å². The lowest BCUT2D eigenvalue weighted by atomic mass is 10.1. The van der Waals surface area contributed by atoms with E-state index in [1.807, 2.05) is 25.7 Å². The molecule has 0 aliphatic carbocycles. The summed E-state index contributed by atoms with van der Waals surface area (Å²) >= 11 is 6.56. The van der Waals surface area contributed by atoms with Crippen LogP contribution in [0, 0.1) is 5.82 Å². The molecule has 15 heteroatoms. The van der Waals surface area contributed by atoms with Crippen LogP contribution in [0.5, 0.6) is 17.4 Å². The van der Waals surface area contributed by atoms with Crippen LogP contribution in [-0.2, 0) is 16.1 Å². The van der Waals surface area contributed by atoms with Crippen LogP contribution in [0.2, 0.25) is 5.02 Å². The monoisotopic (exact) mass is 668 g/mol. The number of fused-ring (bicyclic) bond motifs is 1. The minimum atomic E-state index is -0.828. The standard InChI is InChI=1S/C32H35ClF2N8O4/c1-32(2,3)40-29(45)17-43-16-23(35)31(41-43)47-20-7-8-24(22(33)12-20)39-30-21-13-26(27(46-4)14-25(21)36-18-37-30)38-28(44)6-5-10-42-11-9-19(34)15-42/h5-8,12-14,16,18-19H,9-11,15,17H2,1-4H3,(H,38,44)(H,40,45)(H,36,37,39)/b6-5+/t19-/m1/s1. The first-order valence-corrected chi connectivity index (χ1v) is 15.2. The Hall–Kier alpha value is -4.82. The van der Waals surface area contributed by atoms with Crippen molar-refractivity contribution in [3.05, 3.63) is 65.8 Å². The summed E-state index contributed by atoms with van der Waals surface area (Å²) in [6, 6.07) is 8.03. The number of benzene rings is 2. The molecule has 1 aliphatic heterocycles. The van der Waals surface area contributed by atoms with Gasteiger partial charge < -0.3 is 25.4 Å². The number of nitrogens with zero attached hydrogens (tertiary/aromatic N) is 5. The summed E-state index contributed by atoms with van der Waals surface area (Å²) in [5.41, 5.74) is 0.961. The van der Waals surface area contributed by atoms with Crippen molar-refractivity contribution in [2.75, 3.05) is 37.4 Å². The Morgan fingerprint density at radius 3 is 2.68 bits per heavy atom. The normalized spacial score (nSPS) is 15.3. The molecule has 248 valence electrons. The average molecular weight is 669 g/mol. The number of aromatic nitrogens is 4. The second-order valence-corrected chi connectivity index (χ2v) is 12.4. The number of anilines is 3. The number of amides is 2. The van der Waals surface area contributed by atoms with Gasteiger partial charge in [-0.05, 0) is 45.4 Å². The van der Waals surface area contributed by atoms with E-state index in [1.54, 1.807) is 30.3 Å². The first-order valence-electron chi connectivity index (χ1n) is 14.8. The van der Waals surface area contributed by atoms with Gasteiger partial charge in [0.25, 0.3) is 5.88 Å². The van der Waals surface area contributed by atoms with Crippen LogP contribution in [0.4, 0.5) is 26.0 Å². The number of hydrogen-bond donors (Lipinski definition) is 3. The Balaban J connectivity index is 1.28. The highest BCUT2D eigenvalue weighted by atomic mass is 35.5. The number of carbonyl (C=O) groups is 2. The van der Waals surface area contributed by atoms with Gasteiger partial charge in [-0.25, -0.2) is 14.4 Å². The fraction of sp³-hybridized carbons (Fsp3) is 0.344. The molecule has 4 aromatic rings. The lowest BCUT2D eigenvalue weighted by Crippen LogP contribution is -2.42. The van der Waals surface area contributed by atoms with E-state index in [1.165, 1.54) is 25.6 Å². The van der Waals surface area contributed by atoms with E-state index in [-0.39, 0.29) is 35.0 Å². The van der Waals surface area contributed by atoms with Crippen LogP contribution in [-0.4, -0.2) is 74.9 Å². The number of carbonyl (C=O) groups excluding carboxylic acids is 2. The molecule has 1 fully saturated rings. The number of methoxy groups -OCH3 is 1. The third-order valence-electron chi connectivity index (χ3n) is 6.98. The fourth-order valence-corrected chi connectivity index (χ4v) is 5.14. The Morgan fingerprint density at radius 1 is 1.17 bits per heavy atom. The van der Waals surface area contributed by atoms with Crippen molar-refractivity contribution in [2.45, 2.75) is 45.4 Å². The minimum absolute atomic E-state index is 0.178. The molecule has 12 nitrogen and oxygen atoms in total. The molecule has 5 rings (SSSR count). The summed E-state index contributed by atoms with van der Waals surface area (Å²) in [7, 11) is 1.48. The van der Waals surface area contributed by atoms with E-state index in [9.17, 15) is 18.4 Å². The third-order valence-corrected chi connectivity index (χ3v) is 7.29. The predicted molar refractivity (Wildman–Crippen MR) is 175 cm³/mol. The van der Waals surface area contributed by atoms with E-state index in [0.29, 0.717) is 59.9 Å². The number of nitrogens with one attached hydrogen (secondary N) is 3. The number of likely N-dealkylation sites (tertiary alicyclic amines) is 1. The summed E-state index contributed by atoms with van der Waals surface area (Å²) in [6.45, 7) is 6.85. The zero-order valence-electron chi connectivity index (χ0n) is 26.3. The molecule has 0 spiro atoms. The maximum atomic E-state index is 14.6. The van der Waals surface area contributed by atoms with Crippen molar-refractivity contribution in [1.29, 1.82) is 0 Å². The number of alkyl halides is 1. The van der Waals surface area contributed by atoms with Gasteiger partial charge in [-0.15, -0.1) is 5.10 Å². The van der Waals surface area contributed by atoms with Crippen molar-refractivity contribution in [1.82, 2.24) is 30.0 Å². The van der Waals surface area contributed by atoms with Crippen LogP contribution in [0.25, 0.3) is 10.9 Å². The molecule has 47 heavy (non-hydrogen) atoms. The van der Waals surface area contributed by atoms with Crippen molar-refractivity contribution in [2.24, 2.45) is 0 Å². The molecule has 3 heterocycles. The molecular weight excluding hydrogens is 634 g/mol. The van der Waals surface area contributed by atoms with Gasteiger partial charge in [-0.2, -0.15) is 4.39 Å². The Morgan fingerprint density at radius 2 is 1.98 bits per heavy atom. The molecule has 2 aromatic carbocycles. The Bertz CT molecular complexity index is 1810. The van der Waals surface area contributed by atoms with Gasteiger partial charge in [0.05, 0.1) is 35.2 Å². The number of rotatable bonds is 11. The lowest BCUT2D eigenvalue weighted by Gasteiger charge is -2.20. The number of halogens is 3. The van der Waals surface area contributed by atoms with Gasteiger partial charge in [0, 0.05) is 48.8 Å². The Labute approximate surface area is 275 Å². The molecule has 1 atom stereocenters. The smallest absolute Gasteiger partial charge is 0.274 e. The molecule has 0 radical (unpaired) electrons. The molecule has 0 saturated carbocycles. The van der Waals surface area contributed by atoms with E-state index >= 15 is 0 Å². The number of hydrogen-bond acceptors (Lipinski definition) is 9. The van der Waals surface area contributed by atoms with E-state index in [0.717, 1.165) is 10.9 Å². The van der Waals surface area contributed by atoms with Crippen LogP contribution >= 0.6 is 11.6 Å². The second kappa shape index (κ2) is 14.3. The van der Waals surface area contributed by atoms with E-state index in [2.05, 4.69) is 31.0 Å². The summed E-state index contributed by atoms with van der Waals surface area (Å²) in [5.74, 6) is -0.741. The molecule has 2 amide bonds. The molecule has 2 aromatic heterocycles. The van der Waals surface area contributed by atoms with Crippen LogP contribution in [0.15, 0.2) is 55.0 Å². The van der Waals surface area contributed by atoms with E-state index < -0.39 is 17.5 Å². The minimum Gasteiger partial charge on any atom is -0.494 e. The van der Waals surface area contributed by atoms with Crippen molar-refractivity contribution < 1.29 is 27.8 Å². The summed E-state index contributed by atoms with van der Waals surface area (Å²) in [4.78, 5) is 35.5. The summed E-state index contributed by atoms with van der Waals surface area (Å²) in [5, 5.41) is 13.6. The van der Waals surface area contributed by atoms with Gasteiger partial charge in [0.2, 0.25) is 17.6 Å². The van der Waals surface area contributed by atoms with Crippen LogP contribution in [0.1, 0.15) is 27.2 Å². The maximum absolute atomic E-state index is 14.6. The SMILES string of the molecule is COc1cc2ncnc(Nc3ccc(Oc4nn(CC(=O)NC(C)(C)C)cc4F)cc3Cl)c2cc1NC(=O)/C=C/CN1CC[C@@H](F)C1. The van der Waals surface area contributed by atoms with Crippen molar-refractivity contribution in [3.63, 3.8) is 0 Å². The molecule has 0 unspecified atom stereocenters. The summed E-state index contributed by atoms with van der Waals surface area (Å²) in [6.07, 6.45) is 5.22. The molecule has 1 aliphatic rings. The fourth-order valence-electron chi connectivity index (χ4n) is 4.92. The van der Waals surface area contributed by atoms with Crippen molar-refractivity contribution in [3.8, 4) is 17.4 Å². The third kappa shape index (κ3) is 8.92. The molecule has 1 saturated heterocycles. The summed E-state index contributed by atoms with van der Waals surface area (Å²) < 4.78 is 40.2. The zero-order chi connectivity index (χ0) is 33.7. The van der Waals surface area contributed by atoms with Crippen molar-refractivity contribution >= 4 is 51.5 Å². The molecule has 0 bridgehead atoms. The zero-order valence-corrected chi connectivity index (χ0v) is 27.1. The van der Waals surface area contributed by atoms with Gasteiger partial charge in [-0.1, -0.05) is 17.7 Å².